The largest absolute Gasteiger partial charge is 0.299 e. The molecule has 1 heterocycles. The third kappa shape index (κ3) is 3.58. The van der Waals surface area contributed by atoms with Crippen molar-refractivity contribution in [3.63, 3.8) is 0 Å². The van der Waals surface area contributed by atoms with E-state index in [9.17, 15) is 4.79 Å². The summed E-state index contributed by atoms with van der Waals surface area (Å²) in [6.07, 6.45) is 2.01. The van der Waals surface area contributed by atoms with Gasteiger partial charge in [-0.15, -0.1) is 11.8 Å². The summed E-state index contributed by atoms with van der Waals surface area (Å²) in [5, 5.41) is 3.87. The molecule has 0 saturated heterocycles. The van der Waals surface area contributed by atoms with Gasteiger partial charge in [0.1, 0.15) is 5.49 Å². The molecule has 3 rings (SSSR count). The lowest BCUT2D eigenvalue weighted by molar-refractivity contribution is 0.102. The smallest absolute Gasteiger partial charge is 0.257 e. The maximum atomic E-state index is 12.6. The number of anilines is 1. The van der Waals surface area contributed by atoms with Gasteiger partial charge in [-0.05, 0) is 49.6 Å². The van der Waals surface area contributed by atoms with Crippen molar-refractivity contribution >= 4 is 34.5 Å². The van der Waals surface area contributed by atoms with Gasteiger partial charge in [0, 0.05) is 29.4 Å². The fourth-order valence-corrected chi connectivity index (χ4v) is 3.01. The second kappa shape index (κ2) is 7.53. The topological polar surface area (TPSA) is 59.3 Å². The number of benzene rings is 2. The average Bonchev–Trinajstić information content (AvgIpc) is 2.65. The summed E-state index contributed by atoms with van der Waals surface area (Å²) >= 11 is 1.64. The van der Waals surface area contributed by atoms with Gasteiger partial charge < -0.3 is 0 Å². The van der Waals surface area contributed by atoms with Crippen LogP contribution in [0.4, 0.5) is 5.95 Å². The van der Waals surface area contributed by atoms with Crippen LogP contribution in [0.15, 0.2) is 58.4 Å². The van der Waals surface area contributed by atoms with Crippen molar-refractivity contribution in [2.45, 2.75) is 11.8 Å². The highest BCUT2D eigenvalue weighted by atomic mass is 32.2. The Morgan fingerprint density at radius 1 is 1.20 bits per heavy atom. The molecule has 0 saturated carbocycles. The van der Waals surface area contributed by atoms with Crippen LogP contribution >= 0.6 is 11.8 Å². The zero-order valence-corrected chi connectivity index (χ0v) is 15.3. The average molecular weight is 352 g/mol. The lowest BCUT2D eigenvalue weighted by atomic mass is 10.2. The molecular weight excluding hydrogens is 332 g/mol. The number of carbonyl (C=O) groups is 1. The van der Waals surface area contributed by atoms with E-state index in [0.29, 0.717) is 18.1 Å². The Labute approximate surface area is 150 Å². The molecule has 0 fully saturated rings. The molecular formula is C19H20N4OS. The van der Waals surface area contributed by atoms with Crippen LogP contribution < -0.4 is 10.8 Å². The van der Waals surface area contributed by atoms with Gasteiger partial charge in [-0.25, -0.2) is 4.98 Å². The number of nitrogens with one attached hydrogen (secondary N) is 1. The van der Waals surface area contributed by atoms with E-state index in [1.807, 2.05) is 73.3 Å². The minimum Gasteiger partial charge on any atom is -0.299 e. The fraction of sp³-hybridized carbons (Fsp3) is 0.211. The Hall–Kier alpha value is -2.60. The minimum absolute atomic E-state index is 0.187. The molecule has 0 aliphatic rings. The fourth-order valence-electron chi connectivity index (χ4n) is 2.60. The highest BCUT2D eigenvalue weighted by molar-refractivity contribution is 7.98. The quantitative estimate of drug-likeness (QED) is 0.732. The summed E-state index contributed by atoms with van der Waals surface area (Å²) in [5.74, 6) is 0.290. The number of hydrogen-bond donors (Lipinski definition) is 1. The van der Waals surface area contributed by atoms with E-state index in [-0.39, 0.29) is 5.91 Å². The molecule has 0 aliphatic carbocycles. The van der Waals surface area contributed by atoms with Crippen molar-refractivity contribution in [1.29, 1.82) is 0 Å². The van der Waals surface area contributed by atoms with E-state index >= 15 is 0 Å². The maximum Gasteiger partial charge on any atom is 0.257 e. The van der Waals surface area contributed by atoms with Crippen LogP contribution in [-0.4, -0.2) is 28.3 Å². The number of hydrogen-bond acceptors (Lipinski definition) is 4. The van der Waals surface area contributed by atoms with Crippen molar-refractivity contribution < 1.29 is 4.79 Å². The number of para-hydroxylation sites is 1. The number of carbonyl (C=O) groups excluding carboxylic acids is 1. The predicted octanol–water partition coefficient (Wildman–Crippen LogP) is 3.47. The number of nitrogens with zero attached hydrogens (tertiary/aromatic N) is 3. The lowest BCUT2D eigenvalue weighted by Gasteiger charge is -2.12. The second-order valence-electron chi connectivity index (χ2n) is 5.49. The molecule has 1 aromatic heterocycles. The normalized spacial score (nSPS) is 11.7. The first-order valence-electron chi connectivity index (χ1n) is 8.05. The minimum atomic E-state index is -0.187. The molecule has 0 atom stereocenters. The Balaban J connectivity index is 2.02. The molecule has 2 aromatic carbocycles. The van der Waals surface area contributed by atoms with Crippen molar-refractivity contribution in [3.05, 3.63) is 59.6 Å². The molecule has 0 unspecified atom stereocenters. The zero-order valence-electron chi connectivity index (χ0n) is 14.5. The van der Waals surface area contributed by atoms with Gasteiger partial charge in [0.2, 0.25) is 5.95 Å². The standard InChI is InChI=1S/C19H20N4OS/c1-4-20-17-15-7-5-6-8-16(15)21-19(23(17)2)22-18(24)13-9-11-14(25-3)12-10-13/h5-12H,4H2,1-3H3,(H,21,22,24). The summed E-state index contributed by atoms with van der Waals surface area (Å²) < 4.78 is 1.82. The molecule has 5 nitrogen and oxygen atoms in total. The first kappa shape index (κ1) is 17.2. The Bertz CT molecular complexity index is 977. The van der Waals surface area contributed by atoms with Gasteiger partial charge in [0.15, 0.2) is 0 Å². The maximum absolute atomic E-state index is 12.6. The number of amides is 1. The Morgan fingerprint density at radius 3 is 2.60 bits per heavy atom. The van der Waals surface area contributed by atoms with Crippen molar-refractivity contribution in [2.24, 2.45) is 12.0 Å². The number of thioether (sulfide) groups is 1. The second-order valence-corrected chi connectivity index (χ2v) is 6.37. The Morgan fingerprint density at radius 2 is 1.92 bits per heavy atom. The van der Waals surface area contributed by atoms with Crippen LogP contribution in [0, 0.1) is 0 Å². The van der Waals surface area contributed by atoms with Crippen molar-refractivity contribution in [3.8, 4) is 0 Å². The van der Waals surface area contributed by atoms with E-state index < -0.39 is 0 Å². The van der Waals surface area contributed by atoms with Crippen LogP contribution in [0.1, 0.15) is 17.3 Å². The van der Waals surface area contributed by atoms with Gasteiger partial charge in [-0.3, -0.25) is 19.7 Å². The van der Waals surface area contributed by atoms with Crippen LogP contribution in [0.2, 0.25) is 0 Å². The summed E-state index contributed by atoms with van der Waals surface area (Å²) in [6.45, 7) is 2.64. The zero-order chi connectivity index (χ0) is 17.8. The highest BCUT2D eigenvalue weighted by Gasteiger charge is 2.11. The van der Waals surface area contributed by atoms with E-state index in [2.05, 4.69) is 15.3 Å². The van der Waals surface area contributed by atoms with Crippen molar-refractivity contribution in [2.75, 3.05) is 18.1 Å². The lowest BCUT2D eigenvalue weighted by Crippen LogP contribution is -2.26. The molecule has 1 amide bonds. The Kier molecular flexibility index (Phi) is 5.19. The molecule has 0 bridgehead atoms. The van der Waals surface area contributed by atoms with Gasteiger partial charge in [0.25, 0.3) is 5.91 Å². The van der Waals surface area contributed by atoms with Crippen LogP contribution in [0.3, 0.4) is 0 Å². The molecule has 128 valence electrons. The monoisotopic (exact) mass is 352 g/mol. The summed E-state index contributed by atoms with van der Waals surface area (Å²) in [5.41, 5.74) is 2.21. The van der Waals surface area contributed by atoms with Gasteiger partial charge in [0.05, 0.1) is 5.52 Å². The number of fused-ring (bicyclic) bond motifs is 1. The molecule has 25 heavy (non-hydrogen) atoms. The van der Waals surface area contributed by atoms with Crippen molar-refractivity contribution in [1.82, 2.24) is 9.55 Å². The van der Waals surface area contributed by atoms with Gasteiger partial charge in [-0.2, -0.15) is 0 Å². The molecule has 0 spiro atoms. The third-order valence-corrected chi connectivity index (χ3v) is 4.64. The SMILES string of the molecule is CCN=c1c2ccccc2nc(NC(=O)c2ccc(SC)cc2)n1C. The molecule has 0 radical (unpaired) electrons. The molecule has 0 aliphatic heterocycles. The highest BCUT2D eigenvalue weighted by Crippen LogP contribution is 2.16. The summed E-state index contributed by atoms with van der Waals surface area (Å²) in [6, 6.07) is 15.3. The van der Waals surface area contributed by atoms with Crippen LogP contribution in [0.5, 0.6) is 0 Å². The van der Waals surface area contributed by atoms with Crippen LogP contribution in [-0.2, 0) is 7.05 Å². The number of rotatable bonds is 4. The van der Waals surface area contributed by atoms with Gasteiger partial charge in [-0.1, -0.05) is 12.1 Å². The molecule has 6 heteroatoms. The molecule has 3 aromatic rings. The van der Waals surface area contributed by atoms with E-state index in [0.717, 1.165) is 21.3 Å². The summed E-state index contributed by atoms with van der Waals surface area (Å²) in [7, 11) is 1.86. The first-order chi connectivity index (χ1) is 12.1. The van der Waals surface area contributed by atoms with E-state index in [1.54, 1.807) is 11.8 Å². The van der Waals surface area contributed by atoms with E-state index in [1.165, 1.54) is 0 Å². The van der Waals surface area contributed by atoms with E-state index in [4.69, 9.17) is 0 Å². The van der Waals surface area contributed by atoms with Crippen LogP contribution in [0.25, 0.3) is 10.9 Å². The first-order valence-corrected chi connectivity index (χ1v) is 9.28. The predicted molar refractivity (Wildman–Crippen MR) is 103 cm³/mol. The third-order valence-electron chi connectivity index (χ3n) is 3.89. The number of aromatic nitrogens is 2. The molecule has 1 N–H and O–H groups in total. The summed E-state index contributed by atoms with van der Waals surface area (Å²) in [4.78, 5) is 22.8. The van der Waals surface area contributed by atoms with Gasteiger partial charge >= 0.3 is 0 Å².